The maximum absolute atomic E-state index is 12.1. The third kappa shape index (κ3) is 7.11. The first-order chi connectivity index (χ1) is 12.0. The predicted octanol–water partition coefficient (Wildman–Crippen LogP) is 3.96. The smallest absolute Gasteiger partial charge is 0.389 e. The van der Waals surface area contributed by atoms with Gasteiger partial charge >= 0.3 is 6.18 Å². The highest BCUT2D eigenvalue weighted by Crippen LogP contribution is 2.32. The number of alkyl halides is 3. The lowest BCUT2D eigenvalue weighted by Gasteiger charge is -2.13. The van der Waals surface area contributed by atoms with Crippen LogP contribution in [0.1, 0.15) is 32.6 Å². The van der Waals surface area contributed by atoms with Crippen molar-refractivity contribution in [1.29, 1.82) is 0 Å². The Morgan fingerprint density at radius 2 is 1.92 bits per heavy atom. The maximum atomic E-state index is 12.1. The van der Waals surface area contributed by atoms with Gasteiger partial charge in [0.15, 0.2) is 17.5 Å². The molecule has 1 aromatic carbocycles. The zero-order chi connectivity index (χ0) is 18.1. The third-order valence-electron chi connectivity index (χ3n) is 3.49. The first-order valence-electron chi connectivity index (χ1n) is 8.49. The van der Waals surface area contributed by atoms with Gasteiger partial charge in [-0.2, -0.15) is 13.2 Å². The van der Waals surface area contributed by atoms with E-state index in [1.54, 1.807) is 0 Å². The number of anilines is 1. The molecule has 1 aliphatic rings. The molecule has 1 aromatic rings. The topological polar surface area (TPSA) is 54.9 Å². The van der Waals surface area contributed by atoms with E-state index in [0.29, 0.717) is 50.2 Å². The van der Waals surface area contributed by atoms with Gasteiger partial charge in [-0.05, 0) is 31.9 Å². The standard InChI is InChI=1S/C17H24F3N3O2/c1-2-21-16(22-9-4-3-8-17(18,19)20)23-13-6-7-14-15(12-13)25-11-5-10-24-14/h6-7,12H,2-5,8-11H2,1H3,(H2,21,22,23). The molecule has 140 valence electrons. The van der Waals surface area contributed by atoms with Crippen molar-refractivity contribution in [2.24, 2.45) is 4.99 Å². The van der Waals surface area contributed by atoms with E-state index in [1.807, 2.05) is 25.1 Å². The molecular formula is C17H24F3N3O2. The molecule has 0 spiro atoms. The minimum Gasteiger partial charge on any atom is -0.490 e. The number of aliphatic imine (C=N–C) groups is 1. The normalized spacial score (nSPS) is 14.8. The molecule has 25 heavy (non-hydrogen) atoms. The Bertz CT molecular complexity index is 577. The zero-order valence-corrected chi connectivity index (χ0v) is 14.3. The fourth-order valence-electron chi connectivity index (χ4n) is 2.31. The molecule has 0 saturated carbocycles. The molecule has 1 heterocycles. The van der Waals surface area contributed by atoms with E-state index >= 15 is 0 Å². The lowest BCUT2D eigenvalue weighted by Crippen LogP contribution is -2.30. The molecule has 0 aliphatic carbocycles. The van der Waals surface area contributed by atoms with Gasteiger partial charge in [0, 0.05) is 37.7 Å². The number of hydrogen-bond donors (Lipinski definition) is 2. The Hall–Kier alpha value is -2.12. The highest BCUT2D eigenvalue weighted by atomic mass is 19.4. The molecule has 1 aliphatic heterocycles. The molecule has 0 bridgehead atoms. The van der Waals surface area contributed by atoms with E-state index in [9.17, 15) is 13.2 Å². The predicted molar refractivity (Wildman–Crippen MR) is 91.6 cm³/mol. The van der Waals surface area contributed by atoms with Crippen LogP contribution >= 0.6 is 0 Å². The van der Waals surface area contributed by atoms with Crippen molar-refractivity contribution in [3.8, 4) is 11.5 Å². The van der Waals surface area contributed by atoms with Gasteiger partial charge in [-0.25, -0.2) is 0 Å². The molecule has 2 N–H and O–H groups in total. The van der Waals surface area contributed by atoms with E-state index in [2.05, 4.69) is 15.6 Å². The molecule has 2 rings (SSSR count). The van der Waals surface area contributed by atoms with E-state index in [4.69, 9.17) is 9.47 Å². The first-order valence-corrected chi connectivity index (χ1v) is 8.49. The second-order valence-corrected chi connectivity index (χ2v) is 5.67. The van der Waals surface area contributed by atoms with E-state index in [-0.39, 0.29) is 6.42 Å². The summed E-state index contributed by atoms with van der Waals surface area (Å²) in [7, 11) is 0. The van der Waals surface area contributed by atoms with Gasteiger partial charge < -0.3 is 20.1 Å². The number of halogens is 3. The summed E-state index contributed by atoms with van der Waals surface area (Å²) in [6.45, 7) is 4.13. The quantitative estimate of drug-likeness (QED) is 0.459. The van der Waals surface area contributed by atoms with Gasteiger partial charge in [-0.1, -0.05) is 0 Å². The van der Waals surface area contributed by atoms with Crippen LogP contribution in [-0.2, 0) is 0 Å². The molecule has 0 atom stereocenters. The average molecular weight is 359 g/mol. The Kier molecular flexibility index (Phi) is 7.21. The van der Waals surface area contributed by atoms with Crippen LogP contribution < -0.4 is 20.1 Å². The molecular weight excluding hydrogens is 335 g/mol. The van der Waals surface area contributed by atoms with Crippen molar-refractivity contribution in [1.82, 2.24) is 5.32 Å². The van der Waals surface area contributed by atoms with Gasteiger partial charge in [0.25, 0.3) is 0 Å². The zero-order valence-electron chi connectivity index (χ0n) is 14.3. The number of fused-ring (bicyclic) bond motifs is 1. The lowest BCUT2D eigenvalue weighted by molar-refractivity contribution is -0.135. The number of unbranched alkanes of at least 4 members (excludes halogenated alkanes) is 1. The highest BCUT2D eigenvalue weighted by Gasteiger charge is 2.25. The van der Waals surface area contributed by atoms with Gasteiger partial charge in [0.1, 0.15) is 0 Å². The Balaban J connectivity index is 1.91. The molecule has 5 nitrogen and oxygen atoms in total. The molecule has 0 fully saturated rings. The molecule has 0 radical (unpaired) electrons. The SMILES string of the molecule is CCNC(=NCCCCC(F)(F)F)Nc1ccc2c(c1)OCCCO2. The fraction of sp³-hybridized carbons (Fsp3) is 0.588. The van der Waals surface area contributed by atoms with Crippen molar-refractivity contribution in [3.05, 3.63) is 18.2 Å². The second kappa shape index (κ2) is 9.39. The number of ether oxygens (including phenoxy) is 2. The molecule has 0 unspecified atom stereocenters. The second-order valence-electron chi connectivity index (χ2n) is 5.67. The average Bonchev–Trinajstić information content (AvgIpc) is 2.78. The van der Waals surface area contributed by atoms with Gasteiger partial charge in [-0.3, -0.25) is 4.99 Å². The fourth-order valence-corrected chi connectivity index (χ4v) is 2.31. The minimum atomic E-state index is -4.10. The summed E-state index contributed by atoms with van der Waals surface area (Å²) in [4.78, 5) is 4.31. The summed E-state index contributed by atoms with van der Waals surface area (Å²) in [6.07, 6.45) is -3.57. The molecule has 8 heteroatoms. The third-order valence-corrected chi connectivity index (χ3v) is 3.49. The van der Waals surface area contributed by atoms with Crippen LogP contribution in [-0.4, -0.2) is 38.4 Å². The number of nitrogens with zero attached hydrogens (tertiary/aromatic N) is 1. The van der Waals surface area contributed by atoms with Crippen molar-refractivity contribution in [2.45, 2.75) is 38.8 Å². The number of nitrogens with one attached hydrogen (secondary N) is 2. The van der Waals surface area contributed by atoms with E-state index < -0.39 is 12.6 Å². The number of hydrogen-bond acceptors (Lipinski definition) is 3. The van der Waals surface area contributed by atoms with Crippen LogP contribution in [0, 0.1) is 0 Å². The van der Waals surface area contributed by atoms with Crippen molar-refractivity contribution in [2.75, 3.05) is 31.6 Å². The van der Waals surface area contributed by atoms with Crippen molar-refractivity contribution < 1.29 is 22.6 Å². The first kappa shape index (κ1) is 19.2. The van der Waals surface area contributed by atoms with Crippen LogP contribution in [0.2, 0.25) is 0 Å². The summed E-state index contributed by atoms with van der Waals surface area (Å²) >= 11 is 0. The largest absolute Gasteiger partial charge is 0.490 e. The minimum absolute atomic E-state index is 0.0798. The summed E-state index contributed by atoms with van der Waals surface area (Å²) in [6, 6.07) is 5.51. The maximum Gasteiger partial charge on any atom is 0.389 e. The van der Waals surface area contributed by atoms with Crippen molar-refractivity contribution in [3.63, 3.8) is 0 Å². The lowest BCUT2D eigenvalue weighted by atomic mass is 10.2. The van der Waals surface area contributed by atoms with Gasteiger partial charge in [0.05, 0.1) is 13.2 Å². The van der Waals surface area contributed by atoms with Crippen LogP contribution in [0.4, 0.5) is 18.9 Å². The van der Waals surface area contributed by atoms with E-state index in [1.165, 1.54) is 0 Å². The van der Waals surface area contributed by atoms with Crippen molar-refractivity contribution >= 4 is 11.6 Å². The summed E-state index contributed by atoms with van der Waals surface area (Å²) in [5.74, 6) is 1.91. The Morgan fingerprint density at radius 3 is 2.64 bits per heavy atom. The van der Waals surface area contributed by atoms with Crippen LogP contribution in [0.5, 0.6) is 11.5 Å². The van der Waals surface area contributed by atoms with Gasteiger partial charge in [0.2, 0.25) is 0 Å². The summed E-state index contributed by atoms with van der Waals surface area (Å²) in [5.41, 5.74) is 0.777. The molecule has 0 saturated heterocycles. The Morgan fingerprint density at radius 1 is 1.16 bits per heavy atom. The monoisotopic (exact) mass is 359 g/mol. The van der Waals surface area contributed by atoms with Crippen LogP contribution in [0.15, 0.2) is 23.2 Å². The van der Waals surface area contributed by atoms with E-state index in [0.717, 1.165) is 12.1 Å². The summed E-state index contributed by atoms with van der Waals surface area (Å²) < 4.78 is 47.6. The molecule has 0 aromatic heterocycles. The highest BCUT2D eigenvalue weighted by molar-refractivity contribution is 5.93. The summed E-state index contributed by atoms with van der Waals surface area (Å²) in [5, 5.41) is 6.21. The molecule has 0 amide bonds. The van der Waals surface area contributed by atoms with Gasteiger partial charge in [-0.15, -0.1) is 0 Å². The van der Waals surface area contributed by atoms with Crippen LogP contribution in [0.25, 0.3) is 0 Å². The Labute approximate surface area is 145 Å². The van der Waals surface area contributed by atoms with Crippen LogP contribution in [0.3, 0.4) is 0 Å². The number of guanidine groups is 1. The number of benzene rings is 1. The number of rotatable bonds is 6.